The van der Waals surface area contributed by atoms with Gasteiger partial charge in [0.1, 0.15) is 0 Å². The third-order valence-corrected chi connectivity index (χ3v) is 3.38. The molecule has 2 rings (SSSR count). The van der Waals surface area contributed by atoms with E-state index in [1.807, 2.05) is 0 Å². The van der Waals surface area contributed by atoms with E-state index in [2.05, 4.69) is 24.1 Å². The molecule has 0 aromatic carbocycles. The Bertz CT molecular complexity index is 225. The van der Waals surface area contributed by atoms with Crippen molar-refractivity contribution >= 4 is 5.91 Å². The van der Waals surface area contributed by atoms with Gasteiger partial charge in [-0.25, -0.2) is 0 Å². The van der Waals surface area contributed by atoms with Crippen LogP contribution in [0.3, 0.4) is 0 Å². The summed E-state index contributed by atoms with van der Waals surface area (Å²) in [4.78, 5) is 13.4. The zero-order valence-electron chi connectivity index (χ0n) is 8.47. The highest BCUT2D eigenvalue weighted by Gasteiger charge is 2.37. The maximum absolute atomic E-state index is 11.0. The first-order valence-corrected chi connectivity index (χ1v) is 5.12. The van der Waals surface area contributed by atoms with Crippen LogP contribution in [-0.2, 0) is 4.79 Å². The monoisotopic (exact) mass is 182 g/mol. The first kappa shape index (κ1) is 9.00. The Morgan fingerprint density at radius 3 is 2.77 bits per heavy atom. The number of amides is 1. The fourth-order valence-corrected chi connectivity index (χ4v) is 2.14. The predicted octanol–water partition coefficient (Wildman–Crippen LogP) is 0.749. The van der Waals surface area contributed by atoms with Gasteiger partial charge in [-0.3, -0.25) is 9.69 Å². The third kappa shape index (κ3) is 1.70. The molecule has 0 saturated carbocycles. The van der Waals surface area contributed by atoms with Crippen molar-refractivity contribution in [3.8, 4) is 0 Å². The van der Waals surface area contributed by atoms with E-state index in [1.165, 1.54) is 13.0 Å². The van der Waals surface area contributed by atoms with E-state index in [4.69, 9.17) is 0 Å². The van der Waals surface area contributed by atoms with Gasteiger partial charge < -0.3 is 5.32 Å². The number of carbonyl (C=O) groups is 1. The van der Waals surface area contributed by atoms with E-state index < -0.39 is 0 Å². The molecule has 0 spiro atoms. The predicted molar refractivity (Wildman–Crippen MR) is 51.4 cm³/mol. The molecule has 2 heterocycles. The lowest BCUT2D eigenvalue weighted by molar-refractivity contribution is -0.119. The first-order valence-electron chi connectivity index (χ1n) is 5.12. The second-order valence-electron chi connectivity index (χ2n) is 4.81. The SMILES string of the molecule is CC1(C)CCN1CC1CCC(=O)N1. The van der Waals surface area contributed by atoms with Crippen molar-refractivity contribution in [3.63, 3.8) is 0 Å². The standard InChI is InChI=1S/C10H18N2O/c1-10(2)5-6-12(10)7-8-3-4-9(13)11-8/h8H,3-7H2,1-2H3,(H,11,13). The minimum absolute atomic E-state index is 0.225. The van der Waals surface area contributed by atoms with Crippen molar-refractivity contribution in [3.05, 3.63) is 0 Å². The highest BCUT2D eigenvalue weighted by molar-refractivity contribution is 5.78. The van der Waals surface area contributed by atoms with Crippen molar-refractivity contribution in [2.75, 3.05) is 13.1 Å². The summed E-state index contributed by atoms with van der Waals surface area (Å²) in [6, 6.07) is 0.409. The van der Waals surface area contributed by atoms with Crippen LogP contribution in [0.4, 0.5) is 0 Å². The van der Waals surface area contributed by atoms with Crippen LogP contribution in [0, 0.1) is 0 Å². The molecule has 3 heteroatoms. The average molecular weight is 182 g/mol. The number of rotatable bonds is 2. The Kier molecular flexibility index (Phi) is 2.06. The molecule has 0 aromatic rings. The fraction of sp³-hybridized carbons (Fsp3) is 0.900. The van der Waals surface area contributed by atoms with Crippen LogP contribution in [-0.4, -0.2) is 35.5 Å². The molecule has 3 nitrogen and oxygen atoms in total. The molecular formula is C10H18N2O. The quantitative estimate of drug-likeness (QED) is 0.683. The minimum atomic E-state index is 0.225. The van der Waals surface area contributed by atoms with Crippen molar-refractivity contribution < 1.29 is 4.79 Å². The van der Waals surface area contributed by atoms with Crippen LogP contribution in [0.15, 0.2) is 0 Å². The number of nitrogens with zero attached hydrogens (tertiary/aromatic N) is 1. The normalized spacial score (nSPS) is 32.8. The van der Waals surface area contributed by atoms with Crippen molar-refractivity contribution in [1.82, 2.24) is 10.2 Å². The topological polar surface area (TPSA) is 32.3 Å². The van der Waals surface area contributed by atoms with Gasteiger partial charge in [-0.2, -0.15) is 0 Å². The molecule has 74 valence electrons. The molecule has 0 aromatic heterocycles. The molecule has 1 atom stereocenters. The fourth-order valence-electron chi connectivity index (χ4n) is 2.14. The largest absolute Gasteiger partial charge is 0.352 e. The van der Waals surface area contributed by atoms with Crippen molar-refractivity contribution in [2.24, 2.45) is 0 Å². The van der Waals surface area contributed by atoms with Gasteiger partial charge in [-0.05, 0) is 26.7 Å². The molecule has 2 aliphatic heterocycles. The zero-order chi connectivity index (χ0) is 9.47. The summed E-state index contributed by atoms with van der Waals surface area (Å²) < 4.78 is 0. The molecule has 1 N–H and O–H groups in total. The second kappa shape index (κ2) is 2.98. The first-order chi connectivity index (χ1) is 6.08. The Morgan fingerprint density at radius 1 is 1.62 bits per heavy atom. The molecule has 0 bridgehead atoms. The lowest BCUT2D eigenvalue weighted by atomic mass is 9.88. The highest BCUT2D eigenvalue weighted by atomic mass is 16.1. The molecule has 2 saturated heterocycles. The maximum atomic E-state index is 11.0. The Hall–Kier alpha value is -0.570. The van der Waals surface area contributed by atoms with Gasteiger partial charge in [0.25, 0.3) is 0 Å². The molecule has 2 aliphatic rings. The summed E-state index contributed by atoms with van der Waals surface area (Å²) in [5.41, 5.74) is 0.368. The molecule has 2 fully saturated rings. The van der Waals surface area contributed by atoms with E-state index in [1.54, 1.807) is 0 Å². The van der Waals surface area contributed by atoms with Gasteiger partial charge in [-0.15, -0.1) is 0 Å². The van der Waals surface area contributed by atoms with Gasteiger partial charge in [0.2, 0.25) is 5.91 Å². The smallest absolute Gasteiger partial charge is 0.220 e. The molecule has 0 radical (unpaired) electrons. The van der Waals surface area contributed by atoms with Crippen LogP contribution < -0.4 is 5.32 Å². The van der Waals surface area contributed by atoms with Gasteiger partial charge in [0, 0.05) is 31.1 Å². The molecular weight excluding hydrogens is 164 g/mol. The summed E-state index contributed by atoms with van der Waals surface area (Å²) in [5.74, 6) is 0.225. The Morgan fingerprint density at radius 2 is 2.38 bits per heavy atom. The van der Waals surface area contributed by atoms with Crippen LogP contribution in [0.1, 0.15) is 33.1 Å². The second-order valence-corrected chi connectivity index (χ2v) is 4.81. The van der Waals surface area contributed by atoms with Gasteiger partial charge in [0.15, 0.2) is 0 Å². The van der Waals surface area contributed by atoms with Crippen molar-refractivity contribution in [2.45, 2.75) is 44.7 Å². The summed E-state index contributed by atoms with van der Waals surface area (Å²) in [7, 11) is 0. The van der Waals surface area contributed by atoms with Gasteiger partial charge in [0.05, 0.1) is 0 Å². The van der Waals surface area contributed by atoms with Crippen LogP contribution >= 0.6 is 0 Å². The maximum Gasteiger partial charge on any atom is 0.220 e. The van der Waals surface area contributed by atoms with Crippen molar-refractivity contribution in [1.29, 1.82) is 0 Å². The van der Waals surface area contributed by atoms with Gasteiger partial charge >= 0.3 is 0 Å². The minimum Gasteiger partial charge on any atom is -0.352 e. The Labute approximate surface area is 79.5 Å². The number of hydrogen-bond acceptors (Lipinski definition) is 2. The van der Waals surface area contributed by atoms with E-state index in [0.717, 1.165) is 19.4 Å². The molecule has 13 heavy (non-hydrogen) atoms. The molecule has 1 amide bonds. The van der Waals surface area contributed by atoms with Crippen LogP contribution in [0.5, 0.6) is 0 Å². The van der Waals surface area contributed by atoms with E-state index >= 15 is 0 Å². The highest BCUT2D eigenvalue weighted by Crippen LogP contribution is 2.29. The lowest BCUT2D eigenvalue weighted by Gasteiger charge is -2.49. The number of likely N-dealkylation sites (tertiary alicyclic amines) is 1. The van der Waals surface area contributed by atoms with E-state index in [-0.39, 0.29) is 5.91 Å². The number of carbonyl (C=O) groups excluding carboxylic acids is 1. The number of hydrogen-bond donors (Lipinski definition) is 1. The zero-order valence-corrected chi connectivity index (χ0v) is 8.47. The average Bonchev–Trinajstić information content (AvgIpc) is 2.46. The summed E-state index contributed by atoms with van der Waals surface area (Å²) >= 11 is 0. The third-order valence-electron chi connectivity index (χ3n) is 3.38. The molecule has 0 aliphatic carbocycles. The van der Waals surface area contributed by atoms with E-state index in [0.29, 0.717) is 11.6 Å². The van der Waals surface area contributed by atoms with Crippen LogP contribution in [0.2, 0.25) is 0 Å². The van der Waals surface area contributed by atoms with Gasteiger partial charge in [-0.1, -0.05) is 0 Å². The summed E-state index contributed by atoms with van der Waals surface area (Å²) in [6.07, 6.45) is 3.03. The summed E-state index contributed by atoms with van der Waals surface area (Å²) in [5, 5.41) is 3.01. The molecule has 1 unspecified atom stereocenters. The summed E-state index contributed by atoms with van der Waals surface area (Å²) in [6.45, 7) is 6.78. The van der Waals surface area contributed by atoms with E-state index in [9.17, 15) is 4.79 Å². The number of nitrogens with one attached hydrogen (secondary N) is 1. The van der Waals surface area contributed by atoms with Crippen LogP contribution in [0.25, 0.3) is 0 Å². The Balaban J connectivity index is 1.82. The lowest BCUT2D eigenvalue weighted by Crippen LogP contribution is -2.58.